The Bertz CT molecular complexity index is 1440. The first-order valence-corrected chi connectivity index (χ1v) is 15.5. The average Bonchev–Trinajstić information content (AvgIpc) is 3.40. The Hall–Kier alpha value is -3.28. The lowest BCUT2D eigenvalue weighted by atomic mass is 10.0. The van der Waals surface area contributed by atoms with Gasteiger partial charge in [0.2, 0.25) is 0 Å². The lowest BCUT2D eigenvalue weighted by Gasteiger charge is -2.29. The summed E-state index contributed by atoms with van der Waals surface area (Å²) in [6, 6.07) is 27.7. The summed E-state index contributed by atoms with van der Waals surface area (Å²) in [5, 5.41) is 6.45. The zero-order valence-electron chi connectivity index (χ0n) is 22.2. The predicted octanol–water partition coefficient (Wildman–Crippen LogP) is 5.80. The summed E-state index contributed by atoms with van der Waals surface area (Å²) in [6.07, 6.45) is 0.708. The predicted molar refractivity (Wildman–Crippen MR) is 170 cm³/mol. The molecule has 1 unspecified atom stereocenters. The molecule has 5 rings (SSSR count). The molecule has 2 amide bonds. The third-order valence-electron chi connectivity index (χ3n) is 6.84. The van der Waals surface area contributed by atoms with Crippen molar-refractivity contribution >= 4 is 56.6 Å². The van der Waals surface area contributed by atoms with Crippen LogP contribution in [0.25, 0.3) is 11.3 Å². The normalized spacial score (nSPS) is 14.8. The van der Waals surface area contributed by atoms with Crippen molar-refractivity contribution in [3.63, 3.8) is 0 Å². The summed E-state index contributed by atoms with van der Waals surface area (Å²) in [5.41, 5.74) is 3.45. The summed E-state index contributed by atoms with van der Waals surface area (Å²) in [6.45, 7) is 4.80. The smallest absolute Gasteiger partial charge is 0.252 e. The molecule has 2 N–H and O–H groups in total. The summed E-state index contributed by atoms with van der Waals surface area (Å²) < 4.78 is 5.81. The highest BCUT2D eigenvalue weighted by Gasteiger charge is 2.35. The van der Waals surface area contributed by atoms with Crippen LogP contribution in [0.4, 0.5) is 10.8 Å². The number of amides is 2. The van der Waals surface area contributed by atoms with Crippen molar-refractivity contribution in [2.45, 2.75) is 18.9 Å². The molecule has 0 saturated carbocycles. The Balaban J connectivity index is 1.31. The second kappa shape index (κ2) is 12.9. The van der Waals surface area contributed by atoms with Crippen molar-refractivity contribution in [3.8, 4) is 11.3 Å². The number of rotatable bonds is 9. The number of anilines is 2. The van der Waals surface area contributed by atoms with E-state index in [-0.39, 0.29) is 11.8 Å². The summed E-state index contributed by atoms with van der Waals surface area (Å²) in [7, 11) is 0. The lowest BCUT2D eigenvalue weighted by molar-refractivity contribution is -0.120. The molecule has 1 aromatic heterocycles. The molecular formula is C31H31IN4O3S. The fourth-order valence-corrected chi connectivity index (χ4v) is 6.03. The summed E-state index contributed by atoms with van der Waals surface area (Å²) in [4.78, 5) is 34.8. The van der Waals surface area contributed by atoms with Gasteiger partial charge in [-0.25, -0.2) is 4.98 Å². The topological polar surface area (TPSA) is 83.6 Å². The van der Waals surface area contributed by atoms with Crippen LogP contribution in [0.2, 0.25) is 0 Å². The number of aromatic nitrogens is 1. The number of nitrogens with zero attached hydrogens (tertiary/aromatic N) is 2. The molecular weight excluding hydrogens is 635 g/mol. The van der Waals surface area contributed by atoms with Gasteiger partial charge in [0, 0.05) is 45.6 Å². The van der Waals surface area contributed by atoms with Crippen LogP contribution in [0.5, 0.6) is 0 Å². The van der Waals surface area contributed by atoms with Gasteiger partial charge in [-0.2, -0.15) is 0 Å². The SMILES string of the molecule is CC(CI)(NC(=O)c1ccc(N2CCOCC2)cc1)C(=O)Nc1nc(-c2ccccc2)c(Cc2ccccc2)s1. The number of nitrogens with one attached hydrogen (secondary N) is 2. The standard InChI is InChI=1S/C31H31IN4O3S/c1-31(21-32,35-28(37)24-12-14-25(15-13-24)36-16-18-39-19-17-36)29(38)34-30-33-27(23-10-6-3-7-11-23)26(40-30)20-22-8-4-2-5-9-22/h2-15H,16-21H2,1H3,(H,35,37)(H,33,34,38). The van der Waals surface area contributed by atoms with Crippen LogP contribution in [0.3, 0.4) is 0 Å². The van der Waals surface area contributed by atoms with Crippen molar-refractivity contribution < 1.29 is 14.3 Å². The first-order valence-electron chi connectivity index (χ1n) is 13.2. The van der Waals surface area contributed by atoms with Gasteiger partial charge in [-0.05, 0) is 36.8 Å². The van der Waals surface area contributed by atoms with Crippen LogP contribution < -0.4 is 15.5 Å². The van der Waals surface area contributed by atoms with Gasteiger partial charge in [-0.1, -0.05) is 83.3 Å². The Morgan fingerprint density at radius 1 is 0.975 bits per heavy atom. The van der Waals surface area contributed by atoms with Crippen LogP contribution in [0.15, 0.2) is 84.9 Å². The van der Waals surface area contributed by atoms with Gasteiger partial charge in [0.1, 0.15) is 5.54 Å². The van der Waals surface area contributed by atoms with E-state index in [1.165, 1.54) is 16.9 Å². The Kier molecular flexibility index (Phi) is 9.13. The van der Waals surface area contributed by atoms with E-state index in [2.05, 4.69) is 50.3 Å². The minimum Gasteiger partial charge on any atom is -0.378 e. The van der Waals surface area contributed by atoms with E-state index in [1.807, 2.05) is 60.7 Å². The zero-order valence-corrected chi connectivity index (χ0v) is 25.2. The molecule has 40 heavy (non-hydrogen) atoms. The van der Waals surface area contributed by atoms with Crippen LogP contribution in [-0.2, 0) is 16.0 Å². The molecule has 3 aromatic carbocycles. The number of morpholine rings is 1. The number of hydrogen-bond acceptors (Lipinski definition) is 6. The second-order valence-corrected chi connectivity index (χ2v) is 11.7. The van der Waals surface area contributed by atoms with E-state index in [1.54, 1.807) is 19.1 Å². The van der Waals surface area contributed by atoms with Gasteiger partial charge in [0.05, 0.1) is 18.9 Å². The highest BCUT2D eigenvalue weighted by molar-refractivity contribution is 14.1. The number of alkyl halides is 1. The van der Waals surface area contributed by atoms with E-state index in [4.69, 9.17) is 9.72 Å². The monoisotopic (exact) mass is 666 g/mol. The maximum Gasteiger partial charge on any atom is 0.252 e. The number of ether oxygens (including phenoxy) is 1. The van der Waals surface area contributed by atoms with E-state index in [0.29, 0.717) is 34.8 Å². The van der Waals surface area contributed by atoms with E-state index < -0.39 is 5.54 Å². The minimum atomic E-state index is -1.13. The molecule has 0 spiro atoms. The Morgan fingerprint density at radius 3 is 2.27 bits per heavy atom. The lowest BCUT2D eigenvalue weighted by Crippen LogP contribution is -2.56. The maximum atomic E-state index is 13.5. The van der Waals surface area contributed by atoms with Crippen LogP contribution in [0, 0.1) is 0 Å². The molecule has 1 aliphatic rings. The molecule has 1 saturated heterocycles. The van der Waals surface area contributed by atoms with Gasteiger partial charge in [0.25, 0.3) is 11.8 Å². The Labute approximate surface area is 252 Å². The second-order valence-electron chi connectivity index (χ2n) is 9.84. The van der Waals surface area contributed by atoms with Crippen molar-refractivity contribution in [2.24, 2.45) is 0 Å². The average molecular weight is 667 g/mol. The largest absolute Gasteiger partial charge is 0.378 e. The zero-order chi connectivity index (χ0) is 28.0. The highest BCUT2D eigenvalue weighted by Crippen LogP contribution is 2.33. The van der Waals surface area contributed by atoms with E-state index >= 15 is 0 Å². The van der Waals surface area contributed by atoms with Crippen molar-refractivity contribution in [1.29, 1.82) is 0 Å². The van der Waals surface area contributed by atoms with Gasteiger partial charge < -0.3 is 15.0 Å². The molecule has 1 aliphatic heterocycles. The first kappa shape index (κ1) is 28.3. The number of carbonyl (C=O) groups is 2. The molecule has 7 nitrogen and oxygen atoms in total. The molecule has 1 fully saturated rings. The van der Waals surface area contributed by atoms with Gasteiger partial charge in [-0.3, -0.25) is 14.9 Å². The van der Waals surface area contributed by atoms with Crippen molar-refractivity contribution in [2.75, 3.05) is 40.9 Å². The fourth-order valence-electron chi connectivity index (χ4n) is 4.48. The van der Waals surface area contributed by atoms with Crippen LogP contribution >= 0.6 is 33.9 Å². The molecule has 2 heterocycles. The highest BCUT2D eigenvalue weighted by atomic mass is 127. The van der Waals surface area contributed by atoms with Gasteiger partial charge >= 0.3 is 0 Å². The Morgan fingerprint density at radius 2 is 1.62 bits per heavy atom. The quantitative estimate of drug-likeness (QED) is 0.174. The summed E-state index contributed by atoms with van der Waals surface area (Å²) in [5.74, 6) is -0.600. The van der Waals surface area contributed by atoms with E-state index in [0.717, 1.165) is 34.9 Å². The van der Waals surface area contributed by atoms with Crippen LogP contribution in [0.1, 0.15) is 27.7 Å². The molecule has 0 bridgehead atoms. The molecule has 4 aromatic rings. The minimum absolute atomic E-state index is 0.295. The molecule has 1 atom stereocenters. The molecule has 0 aliphatic carbocycles. The third-order valence-corrected chi connectivity index (χ3v) is 9.33. The third kappa shape index (κ3) is 6.71. The van der Waals surface area contributed by atoms with Crippen LogP contribution in [-0.4, -0.2) is 53.1 Å². The number of thiazole rings is 1. The van der Waals surface area contributed by atoms with Crippen molar-refractivity contribution in [1.82, 2.24) is 10.3 Å². The molecule has 0 radical (unpaired) electrons. The van der Waals surface area contributed by atoms with Gasteiger partial charge in [0.15, 0.2) is 5.13 Å². The number of benzene rings is 3. The van der Waals surface area contributed by atoms with Gasteiger partial charge in [-0.15, -0.1) is 11.3 Å². The number of carbonyl (C=O) groups excluding carboxylic acids is 2. The number of halogens is 1. The number of hydrogen-bond donors (Lipinski definition) is 2. The van der Waals surface area contributed by atoms with Crippen molar-refractivity contribution in [3.05, 3.63) is 101 Å². The van der Waals surface area contributed by atoms with E-state index in [9.17, 15) is 9.59 Å². The molecule has 9 heteroatoms. The fraction of sp³-hybridized carbons (Fsp3) is 0.258. The molecule has 206 valence electrons. The maximum absolute atomic E-state index is 13.5. The summed E-state index contributed by atoms with van der Waals surface area (Å²) >= 11 is 3.60. The first-order chi connectivity index (χ1) is 19.4.